The van der Waals surface area contributed by atoms with Crippen molar-refractivity contribution in [1.82, 2.24) is 4.90 Å². The van der Waals surface area contributed by atoms with E-state index in [1.807, 2.05) is 36.4 Å². The van der Waals surface area contributed by atoms with Crippen LogP contribution in [0.5, 0.6) is 0 Å². The molecule has 0 aromatic heterocycles. The summed E-state index contributed by atoms with van der Waals surface area (Å²) in [5, 5.41) is 17.3. The molecule has 0 aliphatic carbocycles. The topological polar surface area (TPSA) is 47.3 Å². The van der Waals surface area contributed by atoms with Crippen molar-refractivity contribution in [2.24, 2.45) is 0 Å². The van der Waals surface area contributed by atoms with Crippen molar-refractivity contribution in [3.63, 3.8) is 0 Å². The normalized spacial score (nSPS) is 9.92. The lowest BCUT2D eigenvalue weighted by molar-refractivity contribution is 0.114. The summed E-state index contributed by atoms with van der Waals surface area (Å²) in [5.41, 5.74) is 1.10. The number of aliphatic hydroxyl groups excluding tert-OH is 1. The van der Waals surface area contributed by atoms with Gasteiger partial charge in [0.25, 0.3) is 0 Å². The molecule has 1 N–H and O–H groups in total. The molecule has 3 nitrogen and oxygen atoms in total. The maximum atomic E-state index is 8.89. The summed E-state index contributed by atoms with van der Waals surface area (Å²) in [5.74, 6) is 0. The molecule has 0 saturated carbocycles. The fraction of sp³-hybridized carbons (Fsp3) is 0.300. The summed E-state index contributed by atoms with van der Waals surface area (Å²) in [6, 6.07) is 11.8. The van der Waals surface area contributed by atoms with Crippen molar-refractivity contribution < 1.29 is 5.11 Å². The van der Waals surface area contributed by atoms with Gasteiger partial charge in [0, 0.05) is 6.54 Å². The molecule has 0 aliphatic heterocycles. The van der Waals surface area contributed by atoms with Crippen LogP contribution in [-0.2, 0) is 6.54 Å². The fourth-order valence-electron chi connectivity index (χ4n) is 1.10. The van der Waals surface area contributed by atoms with Gasteiger partial charge in [0.1, 0.15) is 0 Å². The third-order valence-electron chi connectivity index (χ3n) is 1.74. The zero-order valence-corrected chi connectivity index (χ0v) is 7.35. The van der Waals surface area contributed by atoms with Crippen molar-refractivity contribution in [3.8, 4) is 6.07 Å². The van der Waals surface area contributed by atoms with Gasteiger partial charge in [0.15, 0.2) is 0 Å². The third kappa shape index (κ3) is 3.24. The Morgan fingerprint density at radius 3 is 2.54 bits per heavy atom. The number of nitriles is 1. The van der Waals surface area contributed by atoms with Gasteiger partial charge in [-0.1, -0.05) is 30.3 Å². The SMILES string of the molecule is N#CCN(CO)Cc1ccccc1. The van der Waals surface area contributed by atoms with E-state index in [0.717, 1.165) is 5.56 Å². The first-order valence-corrected chi connectivity index (χ1v) is 4.11. The van der Waals surface area contributed by atoms with Crippen LogP contribution < -0.4 is 0 Å². The summed E-state index contributed by atoms with van der Waals surface area (Å²) in [7, 11) is 0. The van der Waals surface area contributed by atoms with E-state index in [1.165, 1.54) is 0 Å². The highest BCUT2D eigenvalue weighted by Gasteiger charge is 2.02. The number of hydrogen-bond acceptors (Lipinski definition) is 3. The van der Waals surface area contributed by atoms with Crippen LogP contribution in [-0.4, -0.2) is 23.3 Å². The Morgan fingerprint density at radius 1 is 1.31 bits per heavy atom. The third-order valence-corrected chi connectivity index (χ3v) is 1.74. The minimum atomic E-state index is -0.0809. The number of rotatable bonds is 4. The molecular weight excluding hydrogens is 164 g/mol. The van der Waals surface area contributed by atoms with E-state index >= 15 is 0 Å². The van der Waals surface area contributed by atoms with Crippen LogP contribution in [0.15, 0.2) is 30.3 Å². The van der Waals surface area contributed by atoms with E-state index in [9.17, 15) is 0 Å². The lowest BCUT2D eigenvalue weighted by Gasteiger charge is -2.15. The maximum absolute atomic E-state index is 8.89. The summed E-state index contributed by atoms with van der Waals surface area (Å²) in [6.45, 7) is 0.790. The van der Waals surface area contributed by atoms with E-state index in [4.69, 9.17) is 10.4 Å². The number of aliphatic hydroxyl groups is 1. The Kier molecular flexibility index (Phi) is 3.97. The van der Waals surface area contributed by atoms with Gasteiger partial charge < -0.3 is 5.11 Å². The number of benzene rings is 1. The first-order valence-electron chi connectivity index (χ1n) is 4.11. The van der Waals surface area contributed by atoms with E-state index in [0.29, 0.717) is 6.54 Å². The Hall–Kier alpha value is -1.37. The van der Waals surface area contributed by atoms with Crippen molar-refractivity contribution >= 4 is 0 Å². The van der Waals surface area contributed by atoms with E-state index in [-0.39, 0.29) is 13.3 Å². The quantitative estimate of drug-likeness (QED) is 0.549. The number of hydrogen-bond donors (Lipinski definition) is 1. The van der Waals surface area contributed by atoms with Crippen LogP contribution >= 0.6 is 0 Å². The minimum absolute atomic E-state index is 0.0809. The average molecular weight is 176 g/mol. The van der Waals surface area contributed by atoms with Gasteiger partial charge in [-0.25, -0.2) is 0 Å². The highest BCUT2D eigenvalue weighted by Crippen LogP contribution is 2.02. The maximum Gasteiger partial charge on any atom is 0.0967 e. The minimum Gasteiger partial charge on any atom is -0.381 e. The average Bonchev–Trinajstić information content (AvgIpc) is 2.19. The van der Waals surface area contributed by atoms with Crippen LogP contribution in [0.1, 0.15) is 5.56 Å². The molecule has 0 aliphatic rings. The highest BCUT2D eigenvalue weighted by molar-refractivity contribution is 5.14. The summed E-state index contributed by atoms with van der Waals surface area (Å²) in [4.78, 5) is 1.66. The number of nitrogens with zero attached hydrogens (tertiary/aromatic N) is 2. The van der Waals surface area contributed by atoms with Gasteiger partial charge in [0.2, 0.25) is 0 Å². The molecular formula is C10H12N2O. The van der Waals surface area contributed by atoms with Crippen molar-refractivity contribution in [3.05, 3.63) is 35.9 Å². The summed E-state index contributed by atoms with van der Waals surface area (Å²) < 4.78 is 0. The van der Waals surface area contributed by atoms with E-state index in [1.54, 1.807) is 4.90 Å². The molecule has 0 atom stereocenters. The molecule has 0 amide bonds. The van der Waals surface area contributed by atoms with E-state index < -0.39 is 0 Å². The van der Waals surface area contributed by atoms with Gasteiger partial charge in [0.05, 0.1) is 19.3 Å². The van der Waals surface area contributed by atoms with Gasteiger partial charge in [-0.05, 0) is 5.56 Å². The zero-order chi connectivity index (χ0) is 9.52. The van der Waals surface area contributed by atoms with Gasteiger partial charge in [-0.15, -0.1) is 0 Å². The van der Waals surface area contributed by atoms with Crippen LogP contribution in [0.3, 0.4) is 0 Å². The van der Waals surface area contributed by atoms with Gasteiger partial charge in [-0.3, -0.25) is 4.90 Å². The Morgan fingerprint density at radius 2 is 2.00 bits per heavy atom. The monoisotopic (exact) mass is 176 g/mol. The lowest BCUT2D eigenvalue weighted by atomic mass is 10.2. The predicted molar refractivity (Wildman–Crippen MR) is 49.6 cm³/mol. The van der Waals surface area contributed by atoms with Crippen molar-refractivity contribution in [2.45, 2.75) is 6.54 Å². The Labute approximate surface area is 77.8 Å². The molecule has 0 bridgehead atoms. The van der Waals surface area contributed by atoms with Gasteiger partial charge >= 0.3 is 0 Å². The van der Waals surface area contributed by atoms with E-state index in [2.05, 4.69) is 0 Å². The Bertz CT molecular complexity index is 279. The molecule has 0 heterocycles. The highest BCUT2D eigenvalue weighted by atomic mass is 16.3. The molecule has 1 rings (SSSR count). The standard InChI is InChI=1S/C10H12N2O/c11-6-7-12(9-13)8-10-4-2-1-3-5-10/h1-5,13H,7-9H2. The molecule has 0 saturated heterocycles. The van der Waals surface area contributed by atoms with Crippen molar-refractivity contribution in [2.75, 3.05) is 13.3 Å². The zero-order valence-electron chi connectivity index (χ0n) is 7.35. The molecule has 0 unspecified atom stereocenters. The van der Waals surface area contributed by atoms with Gasteiger partial charge in [-0.2, -0.15) is 5.26 Å². The molecule has 68 valence electrons. The molecule has 3 heteroatoms. The largest absolute Gasteiger partial charge is 0.381 e. The first-order chi connectivity index (χ1) is 6.36. The second kappa shape index (κ2) is 5.31. The van der Waals surface area contributed by atoms with Crippen LogP contribution in [0.4, 0.5) is 0 Å². The first kappa shape index (κ1) is 9.72. The van der Waals surface area contributed by atoms with Crippen LogP contribution in [0.2, 0.25) is 0 Å². The lowest BCUT2D eigenvalue weighted by Crippen LogP contribution is -2.24. The summed E-state index contributed by atoms with van der Waals surface area (Å²) >= 11 is 0. The van der Waals surface area contributed by atoms with Crippen LogP contribution in [0.25, 0.3) is 0 Å². The molecule has 13 heavy (non-hydrogen) atoms. The molecule has 0 spiro atoms. The molecule has 0 fully saturated rings. The molecule has 1 aromatic carbocycles. The second-order valence-electron chi connectivity index (χ2n) is 2.77. The molecule has 0 radical (unpaired) electrons. The van der Waals surface area contributed by atoms with Crippen molar-refractivity contribution in [1.29, 1.82) is 5.26 Å². The Balaban J connectivity index is 2.53. The smallest absolute Gasteiger partial charge is 0.0967 e. The fourth-order valence-corrected chi connectivity index (χ4v) is 1.10. The molecule has 1 aromatic rings. The predicted octanol–water partition coefficient (Wildman–Crippen LogP) is 0.962. The van der Waals surface area contributed by atoms with Crippen LogP contribution in [0, 0.1) is 11.3 Å². The second-order valence-corrected chi connectivity index (χ2v) is 2.77. The summed E-state index contributed by atoms with van der Waals surface area (Å²) in [6.07, 6.45) is 0.